The van der Waals surface area contributed by atoms with Gasteiger partial charge in [0.15, 0.2) is 0 Å². The highest BCUT2D eigenvalue weighted by atomic mass is 16.7. The molecule has 4 heteroatoms. The number of hydrogen-bond donors (Lipinski definition) is 2. The van der Waals surface area contributed by atoms with Crippen LogP contribution in [0.5, 0.6) is 11.5 Å². The third-order valence-electron chi connectivity index (χ3n) is 4.28. The molecule has 0 aliphatic heterocycles. The van der Waals surface area contributed by atoms with Gasteiger partial charge < -0.3 is 20.9 Å². The van der Waals surface area contributed by atoms with E-state index in [0.29, 0.717) is 0 Å². The van der Waals surface area contributed by atoms with Crippen molar-refractivity contribution in [2.24, 2.45) is 0 Å². The van der Waals surface area contributed by atoms with Gasteiger partial charge in [0.05, 0.1) is 0 Å². The predicted molar refractivity (Wildman–Crippen MR) is 105 cm³/mol. The van der Waals surface area contributed by atoms with E-state index in [1.807, 2.05) is 49.4 Å². The summed E-state index contributed by atoms with van der Waals surface area (Å²) in [4.78, 5) is 0. The number of benzene rings is 2. The third-order valence-corrected chi connectivity index (χ3v) is 4.28. The number of nitrogens with two attached hydrogens (primary N) is 2. The molecule has 4 nitrogen and oxygen atoms in total. The van der Waals surface area contributed by atoms with E-state index < -0.39 is 0 Å². The molecule has 0 radical (unpaired) electrons. The first-order valence-corrected chi connectivity index (χ1v) is 9.14. The minimum Gasteiger partial charge on any atom is -0.455 e. The molecule has 25 heavy (non-hydrogen) atoms. The van der Waals surface area contributed by atoms with Crippen molar-refractivity contribution in [3.8, 4) is 11.5 Å². The van der Waals surface area contributed by atoms with E-state index >= 15 is 0 Å². The number of hydrogen-bond acceptors (Lipinski definition) is 4. The highest BCUT2D eigenvalue weighted by Gasteiger charge is 2.14. The first-order valence-electron chi connectivity index (χ1n) is 9.14. The lowest BCUT2D eigenvalue weighted by Gasteiger charge is -2.22. The smallest absolute Gasteiger partial charge is 0.241 e. The van der Waals surface area contributed by atoms with Gasteiger partial charge in [-0.05, 0) is 49.7 Å². The summed E-state index contributed by atoms with van der Waals surface area (Å²) in [6, 6.07) is 13.1. The van der Waals surface area contributed by atoms with E-state index in [-0.39, 0.29) is 6.29 Å². The standard InChI is InChI=1S/C21H30N2O2/c1-3-4-5-6-7-11-21(24-18-14-12-17(22)13-15-18)25-20-10-8-9-19(23)16(20)2/h8-10,12-15,21H,3-7,11,22-23H2,1-2H3. The molecule has 136 valence electrons. The molecule has 0 fully saturated rings. The topological polar surface area (TPSA) is 70.5 Å². The van der Waals surface area contributed by atoms with Crippen molar-refractivity contribution in [3.63, 3.8) is 0 Å². The van der Waals surface area contributed by atoms with Gasteiger partial charge in [0.1, 0.15) is 11.5 Å². The first kappa shape index (κ1) is 19.0. The molecule has 0 saturated carbocycles. The van der Waals surface area contributed by atoms with Crippen molar-refractivity contribution in [2.75, 3.05) is 11.5 Å². The molecule has 0 amide bonds. The van der Waals surface area contributed by atoms with E-state index in [0.717, 1.165) is 41.3 Å². The second-order valence-electron chi connectivity index (χ2n) is 6.41. The van der Waals surface area contributed by atoms with Gasteiger partial charge in [-0.3, -0.25) is 0 Å². The van der Waals surface area contributed by atoms with Crippen LogP contribution in [0.15, 0.2) is 42.5 Å². The minimum absolute atomic E-state index is 0.342. The van der Waals surface area contributed by atoms with Gasteiger partial charge >= 0.3 is 0 Å². The Morgan fingerprint density at radius 3 is 2.32 bits per heavy atom. The average Bonchev–Trinajstić information content (AvgIpc) is 2.60. The van der Waals surface area contributed by atoms with Crippen molar-refractivity contribution in [1.29, 1.82) is 0 Å². The fourth-order valence-corrected chi connectivity index (χ4v) is 2.66. The molecule has 4 N–H and O–H groups in total. The van der Waals surface area contributed by atoms with Crippen LogP contribution in [0.25, 0.3) is 0 Å². The second-order valence-corrected chi connectivity index (χ2v) is 6.41. The maximum Gasteiger partial charge on any atom is 0.241 e. The largest absolute Gasteiger partial charge is 0.455 e. The van der Waals surface area contributed by atoms with Crippen LogP contribution in [0.3, 0.4) is 0 Å². The van der Waals surface area contributed by atoms with Crippen molar-refractivity contribution in [1.82, 2.24) is 0 Å². The van der Waals surface area contributed by atoms with Crippen LogP contribution < -0.4 is 20.9 Å². The summed E-state index contributed by atoms with van der Waals surface area (Å²) in [7, 11) is 0. The summed E-state index contributed by atoms with van der Waals surface area (Å²) < 4.78 is 12.2. The summed E-state index contributed by atoms with van der Waals surface area (Å²) >= 11 is 0. The molecule has 2 aromatic rings. The zero-order chi connectivity index (χ0) is 18.1. The Kier molecular flexibility index (Phi) is 7.45. The second kappa shape index (κ2) is 9.82. The lowest BCUT2D eigenvalue weighted by Crippen LogP contribution is -2.24. The molecule has 1 atom stereocenters. The molecule has 0 aliphatic rings. The molecule has 0 bridgehead atoms. The van der Waals surface area contributed by atoms with Crippen molar-refractivity contribution < 1.29 is 9.47 Å². The summed E-state index contributed by atoms with van der Waals surface area (Å²) in [5.41, 5.74) is 14.1. The Hall–Kier alpha value is -2.36. The van der Waals surface area contributed by atoms with Crippen LogP contribution in [0.2, 0.25) is 0 Å². The Morgan fingerprint density at radius 2 is 1.60 bits per heavy atom. The van der Waals surface area contributed by atoms with Gasteiger partial charge in [0, 0.05) is 23.4 Å². The lowest BCUT2D eigenvalue weighted by atomic mass is 10.1. The Morgan fingerprint density at radius 1 is 0.880 bits per heavy atom. The quantitative estimate of drug-likeness (QED) is 0.349. The Bertz CT molecular complexity index is 641. The Labute approximate surface area is 151 Å². The van der Waals surface area contributed by atoms with Crippen LogP contribution in [-0.2, 0) is 0 Å². The average molecular weight is 342 g/mol. The molecule has 0 saturated heterocycles. The van der Waals surface area contributed by atoms with Crippen molar-refractivity contribution in [2.45, 2.75) is 58.7 Å². The number of rotatable bonds is 10. The van der Waals surface area contributed by atoms with Gasteiger partial charge in [-0.15, -0.1) is 0 Å². The number of nitrogen functional groups attached to an aromatic ring is 2. The molecular weight excluding hydrogens is 312 g/mol. The van der Waals surface area contributed by atoms with Gasteiger partial charge in [-0.2, -0.15) is 0 Å². The van der Waals surface area contributed by atoms with Crippen LogP contribution in [0, 0.1) is 6.92 Å². The maximum absolute atomic E-state index is 6.13. The molecule has 0 aliphatic carbocycles. The zero-order valence-electron chi connectivity index (χ0n) is 15.3. The van der Waals surface area contributed by atoms with Crippen LogP contribution in [-0.4, -0.2) is 6.29 Å². The molecule has 1 unspecified atom stereocenters. The van der Waals surface area contributed by atoms with Crippen LogP contribution in [0.4, 0.5) is 11.4 Å². The molecule has 0 spiro atoms. The number of ether oxygens (including phenoxy) is 2. The summed E-state index contributed by atoms with van der Waals surface area (Å²) in [5, 5.41) is 0. The highest BCUT2D eigenvalue weighted by molar-refractivity contribution is 5.53. The van der Waals surface area contributed by atoms with E-state index in [9.17, 15) is 0 Å². The summed E-state index contributed by atoms with van der Waals surface area (Å²) in [6.07, 6.45) is 6.52. The number of anilines is 2. The number of unbranched alkanes of at least 4 members (excludes halogenated alkanes) is 4. The molecule has 2 aromatic carbocycles. The monoisotopic (exact) mass is 342 g/mol. The van der Waals surface area contributed by atoms with E-state index in [1.165, 1.54) is 25.7 Å². The van der Waals surface area contributed by atoms with Gasteiger partial charge in [0.2, 0.25) is 6.29 Å². The fraction of sp³-hybridized carbons (Fsp3) is 0.429. The van der Waals surface area contributed by atoms with Crippen LogP contribution in [0.1, 0.15) is 51.0 Å². The molecule has 2 rings (SSSR count). The highest BCUT2D eigenvalue weighted by Crippen LogP contribution is 2.26. The SMILES string of the molecule is CCCCCCCC(Oc1ccc(N)cc1)Oc1cccc(N)c1C. The van der Waals surface area contributed by atoms with E-state index in [2.05, 4.69) is 6.92 Å². The molecule has 0 aromatic heterocycles. The van der Waals surface area contributed by atoms with Crippen molar-refractivity contribution >= 4 is 11.4 Å². The normalized spacial score (nSPS) is 11.9. The van der Waals surface area contributed by atoms with Gasteiger partial charge in [-0.1, -0.05) is 38.7 Å². The zero-order valence-corrected chi connectivity index (χ0v) is 15.3. The van der Waals surface area contributed by atoms with Crippen molar-refractivity contribution in [3.05, 3.63) is 48.0 Å². The first-order chi connectivity index (χ1) is 12.1. The third kappa shape index (κ3) is 6.22. The fourth-order valence-electron chi connectivity index (χ4n) is 2.66. The molecular formula is C21H30N2O2. The molecule has 0 heterocycles. The van der Waals surface area contributed by atoms with Crippen LogP contribution >= 0.6 is 0 Å². The summed E-state index contributed by atoms with van der Waals surface area (Å²) in [6.45, 7) is 4.19. The predicted octanol–water partition coefficient (Wildman–Crippen LogP) is 5.30. The Balaban J connectivity index is 2.02. The van der Waals surface area contributed by atoms with Gasteiger partial charge in [-0.25, -0.2) is 0 Å². The summed E-state index contributed by atoms with van der Waals surface area (Å²) in [5.74, 6) is 1.53. The van der Waals surface area contributed by atoms with E-state index in [1.54, 1.807) is 0 Å². The lowest BCUT2D eigenvalue weighted by molar-refractivity contribution is -0.00287. The van der Waals surface area contributed by atoms with Gasteiger partial charge in [0.25, 0.3) is 0 Å². The van der Waals surface area contributed by atoms with E-state index in [4.69, 9.17) is 20.9 Å². The minimum atomic E-state index is -0.342. The maximum atomic E-state index is 6.13.